The van der Waals surface area contributed by atoms with E-state index in [9.17, 15) is 4.79 Å². The fraction of sp³-hybridized carbons (Fsp3) is 0.231. The van der Waals surface area contributed by atoms with E-state index < -0.39 is 5.97 Å². The monoisotopic (exact) mass is 271 g/mol. The number of nitrogens with zero attached hydrogens (tertiary/aromatic N) is 4. The highest BCUT2D eigenvalue weighted by atomic mass is 16.5. The molecule has 0 aromatic heterocycles. The van der Waals surface area contributed by atoms with Gasteiger partial charge in [-0.1, -0.05) is 24.3 Å². The molecule has 20 heavy (non-hydrogen) atoms. The second-order valence-corrected chi connectivity index (χ2v) is 3.96. The smallest absolute Gasteiger partial charge is 0.352 e. The topological polar surface area (TPSA) is 90.1 Å². The molecule has 1 aromatic rings. The molecule has 0 fully saturated rings. The molecule has 0 saturated heterocycles. The van der Waals surface area contributed by atoms with Crippen LogP contribution >= 0.6 is 0 Å². The molecule has 0 bridgehead atoms. The van der Waals surface area contributed by atoms with Gasteiger partial charge in [0, 0.05) is 0 Å². The van der Waals surface area contributed by atoms with Crippen molar-refractivity contribution in [1.82, 2.24) is 5.53 Å². The Morgan fingerprint density at radius 2 is 2.15 bits per heavy atom. The predicted molar refractivity (Wildman–Crippen MR) is 70.9 cm³/mol. The molecule has 7 nitrogen and oxygen atoms in total. The third-order valence-corrected chi connectivity index (χ3v) is 2.83. The maximum Gasteiger partial charge on any atom is 0.352 e. The molecule has 0 saturated carbocycles. The lowest BCUT2D eigenvalue weighted by Gasteiger charge is -2.17. The molecule has 0 aliphatic carbocycles. The number of nitrogens with one attached hydrogen (secondary N) is 1. The van der Waals surface area contributed by atoms with Crippen LogP contribution in [0.3, 0.4) is 0 Å². The van der Waals surface area contributed by atoms with Crippen LogP contribution in [0.1, 0.15) is 12.5 Å². The Morgan fingerprint density at radius 1 is 1.45 bits per heavy atom. The van der Waals surface area contributed by atoms with Gasteiger partial charge in [0.1, 0.15) is 6.07 Å². The number of carbonyl (C=O) groups excluding carboxylic acids is 1. The number of carbonyl (C=O) groups is 1. The Labute approximate surface area is 116 Å². The van der Waals surface area contributed by atoms with Gasteiger partial charge in [-0.05, 0) is 24.1 Å². The Morgan fingerprint density at radius 3 is 2.70 bits per heavy atom. The van der Waals surface area contributed by atoms with Crippen molar-refractivity contribution >= 4 is 11.7 Å². The fourth-order valence-electron chi connectivity index (χ4n) is 1.72. The normalized spacial score (nSPS) is 15.6. The summed E-state index contributed by atoms with van der Waals surface area (Å²) in [6, 6.07) is 9.41. The molecular formula is C13H13N5O2. The van der Waals surface area contributed by atoms with Gasteiger partial charge in [0.15, 0.2) is 5.57 Å². The van der Waals surface area contributed by atoms with E-state index >= 15 is 0 Å². The lowest BCUT2D eigenvalue weighted by Crippen LogP contribution is -2.30. The standard InChI is InChI=1S/C13H13N5O2/c1-3-9-4-6-10(7-5-9)18-12(15-16-17-18)11(8-14)13(19)20-2/h4-7H,3H2,1-2H3,(H,15,17)/b12-11+. The van der Waals surface area contributed by atoms with Crippen molar-refractivity contribution in [2.45, 2.75) is 13.3 Å². The van der Waals surface area contributed by atoms with Crippen LogP contribution in [0.2, 0.25) is 0 Å². The number of hydrogen-bond acceptors (Lipinski definition) is 7. The van der Waals surface area contributed by atoms with Gasteiger partial charge >= 0.3 is 5.97 Å². The van der Waals surface area contributed by atoms with Crippen molar-refractivity contribution in [2.75, 3.05) is 12.1 Å². The second kappa shape index (κ2) is 5.84. The lowest BCUT2D eigenvalue weighted by molar-refractivity contribution is -0.135. The van der Waals surface area contributed by atoms with Crippen LogP contribution in [0.15, 0.2) is 46.0 Å². The molecule has 1 aromatic carbocycles. The maximum atomic E-state index is 11.5. The largest absolute Gasteiger partial charge is 0.465 e. The Hall–Kier alpha value is -2.88. The summed E-state index contributed by atoms with van der Waals surface area (Å²) in [5.41, 5.74) is 4.32. The highest BCUT2D eigenvalue weighted by Crippen LogP contribution is 2.24. The summed E-state index contributed by atoms with van der Waals surface area (Å²) in [6.07, 6.45) is 0.927. The molecule has 102 valence electrons. The second-order valence-electron chi connectivity index (χ2n) is 3.96. The van der Waals surface area contributed by atoms with Gasteiger partial charge in [0.25, 0.3) is 0 Å². The van der Waals surface area contributed by atoms with E-state index in [4.69, 9.17) is 5.26 Å². The van der Waals surface area contributed by atoms with Gasteiger partial charge < -0.3 is 4.74 Å². The fourth-order valence-corrected chi connectivity index (χ4v) is 1.72. The molecule has 2 rings (SSSR count). The summed E-state index contributed by atoms with van der Waals surface area (Å²) in [6.45, 7) is 2.06. The van der Waals surface area contributed by atoms with Crippen LogP contribution in [-0.4, -0.2) is 13.1 Å². The third-order valence-electron chi connectivity index (χ3n) is 2.83. The van der Waals surface area contributed by atoms with Gasteiger partial charge in [-0.15, -0.1) is 5.11 Å². The highest BCUT2D eigenvalue weighted by molar-refractivity contribution is 5.94. The summed E-state index contributed by atoms with van der Waals surface area (Å²) in [4.78, 5) is 11.5. The van der Waals surface area contributed by atoms with Gasteiger partial charge in [0.2, 0.25) is 5.82 Å². The minimum Gasteiger partial charge on any atom is -0.465 e. The lowest BCUT2D eigenvalue weighted by atomic mass is 10.1. The first-order valence-corrected chi connectivity index (χ1v) is 5.99. The van der Waals surface area contributed by atoms with E-state index in [-0.39, 0.29) is 11.4 Å². The van der Waals surface area contributed by atoms with E-state index in [1.165, 1.54) is 17.7 Å². The molecule has 7 heteroatoms. The number of benzene rings is 1. The number of methoxy groups -OCH3 is 1. The van der Waals surface area contributed by atoms with E-state index in [0.717, 1.165) is 12.1 Å². The quantitative estimate of drug-likeness (QED) is 0.514. The zero-order chi connectivity index (χ0) is 14.5. The van der Waals surface area contributed by atoms with Crippen LogP contribution in [0.4, 0.5) is 5.69 Å². The van der Waals surface area contributed by atoms with Crippen LogP contribution in [-0.2, 0) is 16.0 Å². The Balaban J connectivity index is 2.39. The van der Waals surface area contributed by atoms with Gasteiger partial charge in [-0.25, -0.2) is 9.80 Å². The van der Waals surface area contributed by atoms with Crippen molar-refractivity contribution in [3.8, 4) is 6.07 Å². The molecule has 0 atom stereocenters. The van der Waals surface area contributed by atoms with Gasteiger partial charge in [0.05, 0.1) is 12.8 Å². The molecule has 1 N–H and O–H groups in total. The summed E-state index contributed by atoms with van der Waals surface area (Å²) in [7, 11) is 1.21. The average Bonchev–Trinajstić information content (AvgIpc) is 2.97. The van der Waals surface area contributed by atoms with Gasteiger partial charge in [-0.2, -0.15) is 10.8 Å². The first-order valence-electron chi connectivity index (χ1n) is 5.99. The first-order chi connectivity index (χ1) is 9.71. The van der Waals surface area contributed by atoms with Crippen LogP contribution < -0.4 is 10.5 Å². The first kappa shape index (κ1) is 13.5. The minimum absolute atomic E-state index is 0.114. The minimum atomic E-state index is -0.750. The molecule has 1 aliphatic rings. The van der Waals surface area contributed by atoms with Crippen molar-refractivity contribution in [2.24, 2.45) is 10.3 Å². The van der Waals surface area contributed by atoms with Crippen molar-refractivity contribution in [3.05, 3.63) is 41.2 Å². The number of nitriles is 1. The molecule has 1 aliphatic heterocycles. The molecule has 0 unspecified atom stereocenters. The zero-order valence-electron chi connectivity index (χ0n) is 11.1. The highest BCUT2D eigenvalue weighted by Gasteiger charge is 2.26. The summed E-state index contributed by atoms with van der Waals surface area (Å²) < 4.78 is 4.56. The number of hydrogen-bond donors (Lipinski definition) is 1. The van der Waals surface area contributed by atoms with Crippen molar-refractivity contribution in [3.63, 3.8) is 0 Å². The maximum absolute atomic E-state index is 11.5. The molecular weight excluding hydrogens is 258 g/mol. The number of anilines is 1. The number of rotatable bonds is 3. The van der Waals surface area contributed by atoms with E-state index in [0.29, 0.717) is 0 Å². The summed E-state index contributed by atoms with van der Waals surface area (Å²) in [5, 5.41) is 17.9. The van der Waals surface area contributed by atoms with Crippen LogP contribution in [0.25, 0.3) is 0 Å². The molecule has 1 heterocycles. The number of aryl methyl sites for hydroxylation is 1. The molecule has 0 amide bonds. The Bertz CT molecular complexity index is 613. The van der Waals surface area contributed by atoms with Crippen molar-refractivity contribution < 1.29 is 9.53 Å². The number of ether oxygens (including phenoxy) is 1. The van der Waals surface area contributed by atoms with E-state index in [1.54, 1.807) is 6.07 Å². The van der Waals surface area contributed by atoms with Crippen LogP contribution in [0, 0.1) is 11.3 Å². The Kier molecular flexibility index (Phi) is 3.96. The van der Waals surface area contributed by atoms with E-state index in [1.807, 2.05) is 24.3 Å². The molecule has 0 spiro atoms. The predicted octanol–water partition coefficient (Wildman–Crippen LogP) is 1.85. The average molecular weight is 271 g/mol. The summed E-state index contributed by atoms with van der Waals surface area (Å²) in [5.74, 6) is -0.635. The summed E-state index contributed by atoms with van der Waals surface area (Å²) >= 11 is 0. The van der Waals surface area contributed by atoms with Crippen LogP contribution in [0.5, 0.6) is 0 Å². The number of hydrazine groups is 1. The SMILES string of the molecule is CCc1ccc(N2NN=N/C2=C(/C#N)C(=O)OC)cc1. The third kappa shape index (κ3) is 2.44. The van der Waals surface area contributed by atoms with Crippen molar-refractivity contribution in [1.29, 1.82) is 5.26 Å². The molecule has 0 radical (unpaired) electrons. The zero-order valence-corrected chi connectivity index (χ0v) is 11.1. The van der Waals surface area contributed by atoms with Gasteiger partial charge in [-0.3, -0.25) is 0 Å². The van der Waals surface area contributed by atoms with E-state index in [2.05, 4.69) is 27.5 Å². The number of esters is 1.